The maximum absolute atomic E-state index is 11.9. The molecule has 0 aliphatic carbocycles. The molecule has 1 N–H and O–H groups in total. The Hall–Kier alpha value is -1.15. The Bertz CT molecular complexity index is 399. The summed E-state index contributed by atoms with van der Waals surface area (Å²) in [5, 5.41) is 10.7. The lowest BCUT2D eigenvalue weighted by Crippen LogP contribution is -2.33. The van der Waals surface area contributed by atoms with Gasteiger partial charge < -0.3 is 5.11 Å². The Morgan fingerprint density at radius 3 is 2.00 bits per heavy atom. The van der Waals surface area contributed by atoms with Gasteiger partial charge in [0.25, 0.3) is 0 Å². The van der Waals surface area contributed by atoms with Crippen LogP contribution in [0.2, 0.25) is 0 Å². The SMILES string of the molecule is CCCCCCCCCCC(O)(C(C)=O)c1ccccc1. The van der Waals surface area contributed by atoms with Gasteiger partial charge in [0.05, 0.1) is 0 Å². The Balaban J connectivity index is 2.34. The van der Waals surface area contributed by atoms with Crippen LogP contribution in [0.4, 0.5) is 0 Å². The minimum atomic E-state index is -1.30. The van der Waals surface area contributed by atoms with E-state index in [0.29, 0.717) is 6.42 Å². The van der Waals surface area contributed by atoms with Crippen LogP contribution < -0.4 is 0 Å². The number of hydrogen-bond donors (Lipinski definition) is 1. The average molecular weight is 290 g/mol. The van der Waals surface area contributed by atoms with Crippen molar-refractivity contribution in [3.63, 3.8) is 0 Å². The van der Waals surface area contributed by atoms with E-state index >= 15 is 0 Å². The zero-order valence-corrected chi connectivity index (χ0v) is 13.6. The number of unbranched alkanes of at least 4 members (excludes halogenated alkanes) is 7. The van der Waals surface area contributed by atoms with Gasteiger partial charge in [-0.05, 0) is 25.3 Å². The lowest BCUT2D eigenvalue weighted by Gasteiger charge is -2.25. The monoisotopic (exact) mass is 290 g/mol. The number of carbonyl (C=O) groups excluding carboxylic acids is 1. The maximum atomic E-state index is 11.9. The molecular weight excluding hydrogens is 260 g/mol. The molecular formula is C19H30O2. The number of aliphatic hydroxyl groups is 1. The summed E-state index contributed by atoms with van der Waals surface area (Å²) < 4.78 is 0. The van der Waals surface area contributed by atoms with Gasteiger partial charge in [0, 0.05) is 0 Å². The second-order valence-electron chi connectivity index (χ2n) is 6.01. The van der Waals surface area contributed by atoms with Crippen LogP contribution in [0.3, 0.4) is 0 Å². The molecule has 21 heavy (non-hydrogen) atoms. The van der Waals surface area contributed by atoms with Gasteiger partial charge in [-0.2, -0.15) is 0 Å². The van der Waals surface area contributed by atoms with Gasteiger partial charge >= 0.3 is 0 Å². The molecule has 1 aromatic rings. The van der Waals surface area contributed by atoms with E-state index in [1.54, 1.807) is 0 Å². The van der Waals surface area contributed by atoms with E-state index in [2.05, 4.69) is 6.92 Å². The van der Waals surface area contributed by atoms with E-state index in [-0.39, 0.29) is 5.78 Å². The molecule has 0 aliphatic heterocycles. The van der Waals surface area contributed by atoms with E-state index < -0.39 is 5.60 Å². The summed E-state index contributed by atoms with van der Waals surface area (Å²) in [5.41, 5.74) is -0.579. The van der Waals surface area contributed by atoms with Gasteiger partial charge in [-0.15, -0.1) is 0 Å². The minimum absolute atomic E-state index is 0.156. The van der Waals surface area contributed by atoms with Gasteiger partial charge in [0.1, 0.15) is 5.60 Å². The quantitative estimate of drug-likeness (QED) is 0.583. The highest BCUT2D eigenvalue weighted by molar-refractivity contribution is 5.86. The first-order valence-electron chi connectivity index (χ1n) is 8.40. The van der Waals surface area contributed by atoms with Crippen molar-refractivity contribution >= 4 is 5.78 Å². The zero-order chi connectivity index (χ0) is 15.6. The molecule has 0 amide bonds. The number of carbonyl (C=O) groups is 1. The highest BCUT2D eigenvalue weighted by atomic mass is 16.3. The lowest BCUT2D eigenvalue weighted by atomic mass is 9.85. The molecule has 0 aromatic heterocycles. The van der Waals surface area contributed by atoms with Crippen molar-refractivity contribution in [1.29, 1.82) is 0 Å². The van der Waals surface area contributed by atoms with Gasteiger partial charge in [-0.3, -0.25) is 4.79 Å². The van der Waals surface area contributed by atoms with Gasteiger partial charge in [-0.1, -0.05) is 82.2 Å². The number of Topliss-reactive ketones (excluding diaryl/α,β-unsaturated/α-hetero) is 1. The average Bonchev–Trinajstić information content (AvgIpc) is 2.50. The molecule has 2 nitrogen and oxygen atoms in total. The number of hydrogen-bond acceptors (Lipinski definition) is 2. The van der Waals surface area contributed by atoms with Gasteiger partial charge in [0.15, 0.2) is 5.78 Å². The number of rotatable bonds is 11. The van der Waals surface area contributed by atoms with E-state index in [1.807, 2.05) is 30.3 Å². The maximum Gasteiger partial charge on any atom is 0.165 e. The van der Waals surface area contributed by atoms with Crippen LogP contribution in [0.5, 0.6) is 0 Å². The van der Waals surface area contributed by atoms with E-state index in [9.17, 15) is 9.90 Å². The standard InChI is InChI=1S/C19H30O2/c1-3-4-5-6-7-8-9-13-16-19(21,17(2)20)18-14-11-10-12-15-18/h10-12,14-15,21H,3-9,13,16H2,1-2H3. The second kappa shape index (κ2) is 9.73. The van der Waals surface area contributed by atoms with Crippen LogP contribution in [0.25, 0.3) is 0 Å². The van der Waals surface area contributed by atoms with Crippen molar-refractivity contribution in [2.45, 2.75) is 77.2 Å². The zero-order valence-electron chi connectivity index (χ0n) is 13.6. The Labute approximate surface area is 129 Å². The van der Waals surface area contributed by atoms with Gasteiger partial charge in [0.2, 0.25) is 0 Å². The predicted molar refractivity (Wildman–Crippen MR) is 88.2 cm³/mol. The topological polar surface area (TPSA) is 37.3 Å². The molecule has 0 heterocycles. The van der Waals surface area contributed by atoms with Crippen molar-refractivity contribution in [3.05, 3.63) is 35.9 Å². The molecule has 1 rings (SSSR count). The van der Waals surface area contributed by atoms with Crippen molar-refractivity contribution < 1.29 is 9.90 Å². The third-order valence-corrected chi connectivity index (χ3v) is 4.23. The molecule has 0 aliphatic rings. The highest BCUT2D eigenvalue weighted by Crippen LogP contribution is 2.28. The molecule has 0 bridgehead atoms. The summed E-state index contributed by atoms with van der Waals surface area (Å²) in [6.45, 7) is 3.71. The molecule has 1 atom stereocenters. The third-order valence-electron chi connectivity index (χ3n) is 4.23. The van der Waals surface area contributed by atoms with Crippen molar-refractivity contribution in [2.24, 2.45) is 0 Å². The fourth-order valence-corrected chi connectivity index (χ4v) is 2.75. The minimum Gasteiger partial charge on any atom is -0.377 e. The van der Waals surface area contributed by atoms with Gasteiger partial charge in [-0.25, -0.2) is 0 Å². The van der Waals surface area contributed by atoms with Crippen molar-refractivity contribution in [3.8, 4) is 0 Å². The van der Waals surface area contributed by atoms with Crippen molar-refractivity contribution in [2.75, 3.05) is 0 Å². The smallest absolute Gasteiger partial charge is 0.165 e. The molecule has 1 aromatic carbocycles. The summed E-state index contributed by atoms with van der Waals surface area (Å²) in [6.07, 6.45) is 10.2. The summed E-state index contributed by atoms with van der Waals surface area (Å²) >= 11 is 0. The van der Waals surface area contributed by atoms with Crippen LogP contribution in [0.15, 0.2) is 30.3 Å². The molecule has 1 unspecified atom stereocenters. The van der Waals surface area contributed by atoms with Crippen LogP contribution in [-0.2, 0) is 10.4 Å². The molecule has 0 saturated carbocycles. The molecule has 0 radical (unpaired) electrons. The first kappa shape index (κ1) is 17.9. The molecule has 118 valence electrons. The lowest BCUT2D eigenvalue weighted by molar-refractivity contribution is -0.137. The van der Waals surface area contributed by atoms with E-state index in [4.69, 9.17) is 0 Å². The molecule has 2 heteroatoms. The van der Waals surface area contributed by atoms with Crippen LogP contribution in [0, 0.1) is 0 Å². The largest absolute Gasteiger partial charge is 0.377 e. The summed E-state index contributed by atoms with van der Waals surface area (Å²) in [4.78, 5) is 11.9. The first-order valence-corrected chi connectivity index (χ1v) is 8.40. The predicted octanol–water partition coefficient (Wildman–Crippen LogP) is 4.99. The van der Waals surface area contributed by atoms with Crippen LogP contribution >= 0.6 is 0 Å². The van der Waals surface area contributed by atoms with E-state index in [1.165, 1.54) is 45.4 Å². The summed E-state index contributed by atoms with van der Waals surface area (Å²) in [6, 6.07) is 9.33. The first-order chi connectivity index (χ1) is 10.1. The molecule has 0 spiro atoms. The van der Waals surface area contributed by atoms with Crippen LogP contribution in [0.1, 0.15) is 77.2 Å². The second-order valence-corrected chi connectivity index (χ2v) is 6.01. The summed E-state index contributed by atoms with van der Waals surface area (Å²) in [5.74, 6) is -0.156. The normalized spacial score (nSPS) is 13.9. The van der Waals surface area contributed by atoms with Crippen LogP contribution in [-0.4, -0.2) is 10.9 Å². The van der Waals surface area contributed by atoms with E-state index in [0.717, 1.165) is 18.4 Å². The Kier molecular flexibility index (Phi) is 8.29. The fraction of sp³-hybridized carbons (Fsp3) is 0.632. The Morgan fingerprint density at radius 2 is 1.48 bits per heavy atom. The summed E-state index contributed by atoms with van der Waals surface area (Å²) in [7, 11) is 0. The number of benzene rings is 1. The highest BCUT2D eigenvalue weighted by Gasteiger charge is 2.33. The van der Waals surface area contributed by atoms with Crippen molar-refractivity contribution in [1.82, 2.24) is 0 Å². The molecule has 0 fully saturated rings. The Morgan fingerprint density at radius 1 is 0.952 bits per heavy atom. The third kappa shape index (κ3) is 6.01. The molecule has 0 saturated heterocycles. The fourth-order valence-electron chi connectivity index (χ4n) is 2.75. The number of ketones is 1.